The van der Waals surface area contributed by atoms with Crippen molar-refractivity contribution in [2.45, 2.75) is 21.9 Å². The summed E-state index contributed by atoms with van der Waals surface area (Å²) in [6.07, 6.45) is 2.15. The summed E-state index contributed by atoms with van der Waals surface area (Å²) in [7, 11) is -6.55. The van der Waals surface area contributed by atoms with Gasteiger partial charge in [0.2, 0.25) is 0 Å². The molecule has 0 aliphatic carbocycles. The fraction of sp³-hybridized carbons (Fsp3) is 0.300. The Kier molecular flexibility index (Phi) is 12.9. The van der Waals surface area contributed by atoms with E-state index in [0.717, 1.165) is 12.5 Å². The fourth-order valence-electron chi connectivity index (χ4n) is 2.36. The Hall–Kier alpha value is -2.68. The average Bonchev–Trinajstić information content (AvgIpc) is 2.75. The number of aliphatic hydroxyl groups excluding tert-OH is 2. The molecule has 0 spiro atoms. The number of carbonyl (C=O) groups is 2. The number of nitrogens with one attached hydrogen (secondary N) is 2. The minimum Gasteiger partial charge on any atom is -0.548 e. The van der Waals surface area contributed by atoms with Crippen molar-refractivity contribution in [2.24, 2.45) is 0 Å². The molecule has 4 N–H and O–H groups in total. The molecule has 15 heteroatoms. The second-order valence-electron chi connectivity index (χ2n) is 6.99. The molecule has 2 aromatic rings. The average molecular weight is 580 g/mol. The van der Waals surface area contributed by atoms with Crippen LogP contribution in [0.1, 0.15) is 0 Å². The summed E-state index contributed by atoms with van der Waals surface area (Å²) >= 11 is 0. The zero-order chi connectivity index (χ0) is 26.1. The summed E-state index contributed by atoms with van der Waals surface area (Å²) in [6, 6.07) is 8.62. The molecule has 0 unspecified atom stereocenters. The van der Waals surface area contributed by atoms with Gasteiger partial charge in [-0.1, -0.05) is 0 Å². The smallest absolute Gasteiger partial charge is 0.548 e. The molecular weight excluding hydrogens is 556 g/mol. The molecule has 0 amide bonds. The molecule has 2 aromatic carbocycles. The molecule has 1 radical (unpaired) electrons. The SMILES string of the molecule is CS(=O)(=O)c1ccc(N[C@@H](CO)C(=O)[O-])cc1.CS(=O)(=O)c1ccc(N[C@@H](CO)C(=O)[O-])cc1.[Cu+2]. The van der Waals surface area contributed by atoms with E-state index >= 15 is 0 Å². The van der Waals surface area contributed by atoms with Gasteiger partial charge in [-0.3, -0.25) is 0 Å². The number of aliphatic carboxylic acids is 2. The van der Waals surface area contributed by atoms with Crippen molar-refractivity contribution in [1.82, 2.24) is 0 Å². The monoisotopic (exact) mass is 579 g/mol. The van der Waals surface area contributed by atoms with Crippen LogP contribution in [-0.2, 0) is 46.3 Å². The van der Waals surface area contributed by atoms with Crippen LogP contribution in [0.25, 0.3) is 0 Å². The third-order valence-electron chi connectivity index (χ3n) is 4.18. The van der Waals surface area contributed by atoms with Gasteiger partial charge in [0.25, 0.3) is 0 Å². The number of benzene rings is 2. The molecule has 2 rings (SSSR count). The minimum absolute atomic E-state index is 0. The summed E-state index contributed by atoms with van der Waals surface area (Å²) in [5.41, 5.74) is 0.779. The van der Waals surface area contributed by atoms with Crippen LogP contribution in [0.5, 0.6) is 0 Å². The van der Waals surface area contributed by atoms with E-state index in [1.54, 1.807) is 0 Å². The third kappa shape index (κ3) is 11.1. The van der Waals surface area contributed by atoms with Gasteiger partial charge < -0.3 is 40.6 Å². The van der Waals surface area contributed by atoms with Crippen molar-refractivity contribution < 1.29 is 63.9 Å². The van der Waals surface area contributed by atoms with Crippen molar-refractivity contribution in [1.29, 1.82) is 0 Å². The minimum atomic E-state index is -3.28. The molecule has 0 bridgehead atoms. The predicted molar refractivity (Wildman–Crippen MR) is 118 cm³/mol. The quantitative estimate of drug-likeness (QED) is 0.210. The second-order valence-corrected chi connectivity index (χ2v) is 11.0. The molecule has 0 aromatic heterocycles. The number of aliphatic hydroxyl groups is 2. The Labute approximate surface area is 213 Å². The maximum atomic E-state index is 11.2. The van der Waals surface area contributed by atoms with E-state index in [4.69, 9.17) is 10.2 Å². The molecule has 0 saturated carbocycles. The summed E-state index contributed by atoms with van der Waals surface area (Å²) in [5.74, 6) is -2.86. The zero-order valence-electron chi connectivity index (χ0n) is 18.5. The first kappa shape index (κ1) is 32.3. The summed E-state index contributed by atoms with van der Waals surface area (Å²) in [4.78, 5) is 21.3. The van der Waals surface area contributed by atoms with E-state index < -0.39 is 56.9 Å². The van der Waals surface area contributed by atoms with Gasteiger partial charge in [-0.25, -0.2) is 16.8 Å². The van der Waals surface area contributed by atoms with Crippen molar-refractivity contribution in [3.63, 3.8) is 0 Å². The number of anilines is 2. The first-order valence-electron chi connectivity index (χ1n) is 9.45. The van der Waals surface area contributed by atoms with E-state index in [-0.39, 0.29) is 26.9 Å². The number of sulfone groups is 2. The molecule has 197 valence electrons. The van der Waals surface area contributed by atoms with Gasteiger partial charge in [-0.2, -0.15) is 0 Å². The van der Waals surface area contributed by atoms with E-state index in [1.807, 2.05) is 0 Å². The van der Waals surface area contributed by atoms with Crippen LogP contribution in [0.2, 0.25) is 0 Å². The Bertz CT molecular complexity index is 1090. The van der Waals surface area contributed by atoms with Gasteiger partial charge in [-0.05, 0) is 48.5 Å². The number of carboxylic acids is 2. The van der Waals surface area contributed by atoms with Crippen LogP contribution in [0, 0.1) is 0 Å². The topological polar surface area (TPSA) is 213 Å². The molecule has 0 saturated heterocycles. The summed E-state index contributed by atoms with van der Waals surface area (Å²) < 4.78 is 44.7. The normalized spacial score (nSPS) is 12.7. The van der Waals surface area contributed by atoms with Crippen LogP contribution in [0.15, 0.2) is 58.3 Å². The van der Waals surface area contributed by atoms with Crippen LogP contribution < -0.4 is 20.8 Å². The van der Waals surface area contributed by atoms with Crippen molar-refractivity contribution >= 4 is 43.0 Å². The molecule has 0 heterocycles. The summed E-state index contributed by atoms with van der Waals surface area (Å²) in [5, 5.41) is 43.6. The largest absolute Gasteiger partial charge is 2.00 e. The van der Waals surface area contributed by atoms with Crippen molar-refractivity contribution in [3.8, 4) is 0 Å². The van der Waals surface area contributed by atoms with Gasteiger partial charge >= 0.3 is 17.1 Å². The van der Waals surface area contributed by atoms with E-state index in [1.165, 1.54) is 48.5 Å². The van der Waals surface area contributed by atoms with Gasteiger partial charge in [-0.15, -0.1) is 0 Å². The molecule has 0 aliphatic rings. The molecule has 0 fully saturated rings. The van der Waals surface area contributed by atoms with Gasteiger partial charge in [0.15, 0.2) is 19.7 Å². The molecule has 2 atom stereocenters. The number of carbonyl (C=O) groups excluding carboxylic acids is 2. The fourth-order valence-corrected chi connectivity index (χ4v) is 3.62. The number of rotatable bonds is 10. The first-order valence-corrected chi connectivity index (χ1v) is 13.2. The second kappa shape index (κ2) is 14.0. The van der Waals surface area contributed by atoms with E-state index in [9.17, 15) is 36.6 Å². The van der Waals surface area contributed by atoms with Gasteiger partial charge in [0, 0.05) is 23.9 Å². The zero-order valence-corrected chi connectivity index (χ0v) is 21.0. The molecular formula is C20H24CuN2O10S2. The van der Waals surface area contributed by atoms with Crippen LogP contribution in [0.3, 0.4) is 0 Å². The van der Waals surface area contributed by atoms with Crippen LogP contribution in [0.4, 0.5) is 11.4 Å². The maximum absolute atomic E-state index is 11.2. The third-order valence-corrected chi connectivity index (χ3v) is 6.44. The Balaban J connectivity index is 0.000000642. The number of hydrogen-bond donors (Lipinski definition) is 4. The Morgan fingerprint density at radius 3 is 1.14 bits per heavy atom. The first-order chi connectivity index (χ1) is 15.7. The Morgan fingerprint density at radius 1 is 0.714 bits per heavy atom. The molecule has 12 nitrogen and oxygen atoms in total. The number of carboxylic acid groups (broad SMARTS) is 2. The van der Waals surface area contributed by atoms with Gasteiger partial charge in [0.05, 0.1) is 47.0 Å². The molecule has 35 heavy (non-hydrogen) atoms. The standard InChI is InChI=1S/2C10H13NO5S.Cu/c2*1-17(15,16)8-4-2-7(3-5-8)11-9(6-12)10(13)14;/h2*2-5,9,11-12H,6H2,1H3,(H,13,14);/q;;+2/p-2/t2*9-;/m00./s1. The Morgan fingerprint density at radius 2 is 0.971 bits per heavy atom. The van der Waals surface area contributed by atoms with Crippen LogP contribution >= 0.6 is 0 Å². The van der Waals surface area contributed by atoms with Gasteiger partial charge in [0.1, 0.15) is 0 Å². The maximum Gasteiger partial charge on any atom is 2.00 e. The summed E-state index contributed by atoms with van der Waals surface area (Å²) in [6.45, 7) is -1.23. The van der Waals surface area contributed by atoms with Crippen molar-refractivity contribution in [3.05, 3.63) is 48.5 Å². The van der Waals surface area contributed by atoms with Crippen molar-refractivity contribution in [2.75, 3.05) is 36.4 Å². The number of hydrogen-bond acceptors (Lipinski definition) is 12. The van der Waals surface area contributed by atoms with E-state index in [2.05, 4.69) is 10.6 Å². The molecule has 0 aliphatic heterocycles. The van der Waals surface area contributed by atoms with Crippen LogP contribution in [-0.4, -0.2) is 76.8 Å². The predicted octanol–water partition coefficient (Wildman–Crippen LogP) is -2.78. The van der Waals surface area contributed by atoms with E-state index in [0.29, 0.717) is 11.4 Å².